The lowest BCUT2D eigenvalue weighted by Gasteiger charge is -2.26. The van der Waals surface area contributed by atoms with Gasteiger partial charge < -0.3 is 11.1 Å². The van der Waals surface area contributed by atoms with Gasteiger partial charge in [-0.25, -0.2) is 4.98 Å². The summed E-state index contributed by atoms with van der Waals surface area (Å²) in [6.45, 7) is 4.67. The van der Waals surface area contributed by atoms with Gasteiger partial charge in [-0.05, 0) is 37.8 Å². The molecule has 1 aromatic heterocycles. The minimum absolute atomic E-state index is 0. The van der Waals surface area contributed by atoms with Gasteiger partial charge in [0.15, 0.2) is 0 Å². The topological polar surface area (TPSA) is 68.0 Å². The Morgan fingerprint density at radius 2 is 1.92 bits per heavy atom. The molecule has 0 saturated carbocycles. The van der Waals surface area contributed by atoms with Gasteiger partial charge in [-0.3, -0.25) is 4.79 Å². The van der Waals surface area contributed by atoms with Gasteiger partial charge in [-0.2, -0.15) is 0 Å². The number of hydrogen-bond donors (Lipinski definition) is 2. The third kappa shape index (κ3) is 6.55. The fourth-order valence-electron chi connectivity index (χ4n) is 2.29. The molecule has 0 unspecified atom stereocenters. The molecule has 24 heavy (non-hydrogen) atoms. The molecule has 0 aliphatic heterocycles. The third-order valence-electron chi connectivity index (χ3n) is 4.18. The van der Waals surface area contributed by atoms with Crippen molar-refractivity contribution in [2.45, 2.75) is 51.5 Å². The first-order valence-corrected chi connectivity index (χ1v) is 8.78. The number of rotatable bonds is 8. The van der Waals surface area contributed by atoms with Gasteiger partial charge in [-0.15, -0.1) is 36.2 Å². The zero-order valence-electron chi connectivity index (χ0n) is 14.2. The van der Waals surface area contributed by atoms with Gasteiger partial charge in [-0.1, -0.05) is 26.0 Å². The van der Waals surface area contributed by atoms with Gasteiger partial charge in [0.25, 0.3) is 0 Å². The number of halogens is 2. The highest BCUT2D eigenvalue weighted by Crippen LogP contribution is 2.22. The molecule has 7 heteroatoms. The predicted octanol–water partition coefficient (Wildman–Crippen LogP) is 4.10. The average molecular weight is 392 g/mol. The maximum absolute atomic E-state index is 11.9. The van der Waals surface area contributed by atoms with Crippen LogP contribution in [0.4, 0.5) is 0 Å². The van der Waals surface area contributed by atoms with Crippen LogP contribution < -0.4 is 11.1 Å². The summed E-state index contributed by atoms with van der Waals surface area (Å²) in [4.78, 5) is 16.5. The number of aromatic nitrogens is 1. The summed E-state index contributed by atoms with van der Waals surface area (Å²) in [6.07, 6.45) is 3.94. The van der Waals surface area contributed by atoms with E-state index in [0.29, 0.717) is 13.0 Å². The first-order valence-electron chi connectivity index (χ1n) is 7.96. The van der Waals surface area contributed by atoms with Gasteiger partial charge in [0.1, 0.15) is 0 Å². The Balaban J connectivity index is 0.00000264. The molecule has 1 heterocycles. The largest absolute Gasteiger partial charge is 0.354 e. The van der Waals surface area contributed by atoms with Crippen molar-refractivity contribution in [1.82, 2.24) is 10.3 Å². The minimum Gasteiger partial charge on any atom is -0.354 e. The number of amides is 1. The number of carbonyl (C=O) groups is 1. The molecule has 1 amide bonds. The average Bonchev–Trinajstić information content (AvgIpc) is 2.95. The van der Waals surface area contributed by atoms with Crippen molar-refractivity contribution < 1.29 is 4.79 Å². The maximum atomic E-state index is 11.9. The number of fused-ring (bicyclic) bond motifs is 1. The molecule has 0 saturated heterocycles. The lowest BCUT2D eigenvalue weighted by Crippen LogP contribution is -2.49. The van der Waals surface area contributed by atoms with Crippen LogP contribution in [0.15, 0.2) is 24.3 Å². The molecule has 0 atom stereocenters. The number of carbonyl (C=O) groups excluding carboxylic acids is 1. The van der Waals surface area contributed by atoms with Gasteiger partial charge in [0.05, 0.1) is 15.2 Å². The Morgan fingerprint density at radius 3 is 2.54 bits per heavy atom. The van der Waals surface area contributed by atoms with E-state index in [2.05, 4.69) is 30.2 Å². The van der Waals surface area contributed by atoms with Crippen molar-refractivity contribution in [3.8, 4) is 0 Å². The molecule has 3 N–H and O–H groups in total. The number of nitrogens with zero attached hydrogens (tertiary/aromatic N) is 1. The highest BCUT2D eigenvalue weighted by Gasteiger charge is 2.20. The molecular weight excluding hydrogens is 365 g/mol. The molecule has 0 spiro atoms. The summed E-state index contributed by atoms with van der Waals surface area (Å²) < 4.78 is 1.21. The number of hydrogen-bond acceptors (Lipinski definition) is 4. The Morgan fingerprint density at radius 1 is 1.25 bits per heavy atom. The normalized spacial score (nSPS) is 10.8. The minimum atomic E-state index is -0.275. The summed E-state index contributed by atoms with van der Waals surface area (Å²) in [7, 11) is 0. The SMILES string of the molecule is CCC(N)(CC)CNC(=O)CCCc1nc2ccccc2s1.Cl.Cl. The Kier molecular flexibility index (Phi) is 10.5. The van der Waals surface area contributed by atoms with Crippen LogP contribution in [0.3, 0.4) is 0 Å². The van der Waals surface area contributed by atoms with Gasteiger partial charge in [0.2, 0.25) is 5.91 Å². The quantitative estimate of drug-likeness (QED) is 0.711. The lowest BCUT2D eigenvalue weighted by atomic mass is 9.94. The van der Waals surface area contributed by atoms with E-state index in [1.807, 2.05) is 18.2 Å². The second-order valence-corrected chi connectivity index (χ2v) is 6.89. The van der Waals surface area contributed by atoms with Crippen molar-refractivity contribution in [2.75, 3.05) is 6.54 Å². The molecule has 4 nitrogen and oxygen atoms in total. The summed E-state index contributed by atoms with van der Waals surface area (Å²) in [5.74, 6) is 0.0813. The zero-order chi connectivity index (χ0) is 16.0. The third-order valence-corrected chi connectivity index (χ3v) is 5.27. The van der Waals surface area contributed by atoms with E-state index in [1.54, 1.807) is 11.3 Å². The number of thiazole rings is 1. The molecule has 136 valence electrons. The van der Waals surface area contributed by atoms with Crippen molar-refractivity contribution >= 4 is 52.3 Å². The first kappa shape index (κ1) is 23.1. The molecule has 0 fully saturated rings. The van der Waals surface area contributed by atoms with Crippen LogP contribution in [0.25, 0.3) is 10.2 Å². The Bertz CT molecular complexity index is 596. The second kappa shape index (κ2) is 10.9. The molecule has 0 aliphatic rings. The van der Waals surface area contributed by atoms with E-state index in [0.717, 1.165) is 36.2 Å². The van der Waals surface area contributed by atoms with Crippen LogP contribution in [0, 0.1) is 0 Å². The number of nitrogens with one attached hydrogen (secondary N) is 1. The Hall–Kier alpha value is -0.880. The van der Waals surface area contributed by atoms with Crippen molar-refractivity contribution in [3.05, 3.63) is 29.3 Å². The summed E-state index contributed by atoms with van der Waals surface area (Å²) >= 11 is 1.71. The summed E-state index contributed by atoms with van der Waals surface area (Å²) in [5, 5.41) is 4.06. The highest BCUT2D eigenvalue weighted by atomic mass is 35.5. The molecule has 2 rings (SSSR count). The molecule has 1 aromatic carbocycles. The van der Waals surface area contributed by atoms with Gasteiger partial charge in [0, 0.05) is 18.5 Å². The van der Waals surface area contributed by atoms with Crippen molar-refractivity contribution in [3.63, 3.8) is 0 Å². The van der Waals surface area contributed by atoms with Crippen LogP contribution in [0.1, 0.15) is 44.5 Å². The predicted molar refractivity (Wildman–Crippen MR) is 108 cm³/mol. The van der Waals surface area contributed by atoms with Crippen LogP contribution in [-0.4, -0.2) is 23.0 Å². The standard InChI is InChI=1S/C17H25N3OS.2ClH/c1-3-17(18,4-2)12-19-15(21)10-7-11-16-20-13-8-5-6-9-14(13)22-16;;/h5-6,8-9H,3-4,7,10-12,18H2,1-2H3,(H,19,21);2*1H. The van der Waals surface area contributed by atoms with E-state index in [9.17, 15) is 4.79 Å². The summed E-state index contributed by atoms with van der Waals surface area (Å²) in [6, 6.07) is 8.13. The van der Waals surface area contributed by atoms with Gasteiger partial charge >= 0.3 is 0 Å². The zero-order valence-corrected chi connectivity index (χ0v) is 16.7. The van der Waals surface area contributed by atoms with E-state index in [4.69, 9.17) is 5.73 Å². The number of para-hydroxylation sites is 1. The van der Waals surface area contributed by atoms with Crippen LogP contribution in [0.2, 0.25) is 0 Å². The Labute approximate surface area is 160 Å². The van der Waals surface area contributed by atoms with Crippen LogP contribution in [0.5, 0.6) is 0 Å². The molecular formula is C17H27Cl2N3OS. The van der Waals surface area contributed by atoms with E-state index in [1.165, 1.54) is 4.70 Å². The monoisotopic (exact) mass is 391 g/mol. The highest BCUT2D eigenvalue weighted by molar-refractivity contribution is 7.18. The van der Waals surface area contributed by atoms with E-state index < -0.39 is 0 Å². The van der Waals surface area contributed by atoms with Crippen molar-refractivity contribution in [1.29, 1.82) is 0 Å². The summed E-state index contributed by atoms with van der Waals surface area (Å²) in [5.41, 5.74) is 6.96. The van der Waals surface area contributed by atoms with E-state index in [-0.39, 0.29) is 36.3 Å². The molecule has 0 bridgehead atoms. The number of aryl methyl sites for hydroxylation is 1. The van der Waals surface area contributed by atoms with E-state index >= 15 is 0 Å². The maximum Gasteiger partial charge on any atom is 0.220 e. The second-order valence-electron chi connectivity index (χ2n) is 5.78. The number of benzene rings is 1. The molecule has 0 aliphatic carbocycles. The smallest absolute Gasteiger partial charge is 0.220 e. The lowest BCUT2D eigenvalue weighted by molar-refractivity contribution is -0.121. The number of nitrogens with two attached hydrogens (primary N) is 1. The van der Waals surface area contributed by atoms with Crippen LogP contribution in [-0.2, 0) is 11.2 Å². The van der Waals surface area contributed by atoms with Crippen LogP contribution >= 0.6 is 36.2 Å². The van der Waals surface area contributed by atoms with Crippen molar-refractivity contribution in [2.24, 2.45) is 5.73 Å². The fourth-order valence-corrected chi connectivity index (χ4v) is 3.30. The fraction of sp³-hybridized carbons (Fsp3) is 0.529. The molecule has 2 aromatic rings. The first-order chi connectivity index (χ1) is 10.6. The molecule has 0 radical (unpaired) electrons.